The Morgan fingerprint density at radius 3 is 2.59 bits per heavy atom. The van der Waals surface area contributed by atoms with Crippen LogP contribution in [0.1, 0.15) is 18.1 Å². The standard InChI is InChI=1S/C21H23N7S/c1-2-16-3-5-18(6-4-16)20-24-21(29)28(25-20)15-26-9-11-27(12-10-26)19-13-17(14-22)7-8-23-19/h3-8,13H,2,9-12,15H2,1H3,(H,24,25,29). The van der Waals surface area contributed by atoms with Gasteiger partial charge in [0, 0.05) is 37.9 Å². The van der Waals surface area contributed by atoms with Crippen molar-refractivity contribution < 1.29 is 0 Å². The molecule has 1 aromatic carbocycles. The van der Waals surface area contributed by atoms with Crippen molar-refractivity contribution in [1.29, 1.82) is 5.26 Å². The number of piperazine rings is 1. The lowest BCUT2D eigenvalue weighted by Crippen LogP contribution is -2.47. The largest absolute Gasteiger partial charge is 0.354 e. The number of hydrogen-bond donors (Lipinski definition) is 1. The molecule has 0 atom stereocenters. The van der Waals surface area contributed by atoms with Gasteiger partial charge in [0.2, 0.25) is 4.77 Å². The molecule has 29 heavy (non-hydrogen) atoms. The predicted molar refractivity (Wildman–Crippen MR) is 115 cm³/mol. The fourth-order valence-corrected chi connectivity index (χ4v) is 3.65. The van der Waals surface area contributed by atoms with E-state index in [1.54, 1.807) is 12.3 Å². The number of nitriles is 1. The molecule has 1 fully saturated rings. The van der Waals surface area contributed by atoms with E-state index in [-0.39, 0.29) is 0 Å². The number of nitrogens with zero attached hydrogens (tertiary/aromatic N) is 6. The van der Waals surface area contributed by atoms with Gasteiger partial charge in [-0.25, -0.2) is 9.67 Å². The van der Waals surface area contributed by atoms with Crippen LogP contribution < -0.4 is 4.90 Å². The number of aromatic amines is 1. The molecule has 1 N–H and O–H groups in total. The number of aromatic nitrogens is 4. The zero-order valence-corrected chi connectivity index (χ0v) is 17.2. The Hall–Kier alpha value is -3.02. The average molecular weight is 406 g/mol. The van der Waals surface area contributed by atoms with Crippen LogP contribution in [0, 0.1) is 16.1 Å². The summed E-state index contributed by atoms with van der Waals surface area (Å²) in [5.41, 5.74) is 2.99. The fraction of sp³-hybridized carbons (Fsp3) is 0.333. The van der Waals surface area contributed by atoms with Crippen molar-refractivity contribution in [2.24, 2.45) is 0 Å². The summed E-state index contributed by atoms with van der Waals surface area (Å²) in [6, 6.07) is 14.2. The van der Waals surface area contributed by atoms with E-state index in [0.717, 1.165) is 49.8 Å². The summed E-state index contributed by atoms with van der Waals surface area (Å²) in [4.78, 5) is 13.5. The maximum absolute atomic E-state index is 9.08. The molecule has 0 amide bonds. The fourth-order valence-electron chi connectivity index (χ4n) is 3.46. The highest BCUT2D eigenvalue weighted by molar-refractivity contribution is 7.71. The van der Waals surface area contributed by atoms with Crippen LogP contribution in [-0.2, 0) is 13.1 Å². The van der Waals surface area contributed by atoms with Crippen molar-refractivity contribution in [3.63, 3.8) is 0 Å². The van der Waals surface area contributed by atoms with E-state index in [1.165, 1.54) is 5.56 Å². The summed E-state index contributed by atoms with van der Waals surface area (Å²) in [6.07, 6.45) is 2.71. The smallest absolute Gasteiger partial charge is 0.217 e. The lowest BCUT2D eigenvalue weighted by Gasteiger charge is -2.35. The van der Waals surface area contributed by atoms with Crippen LogP contribution in [0.4, 0.5) is 5.82 Å². The zero-order chi connectivity index (χ0) is 20.2. The van der Waals surface area contributed by atoms with Gasteiger partial charge in [0.05, 0.1) is 18.3 Å². The first-order valence-electron chi connectivity index (χ1n) is 9.76. The molecular formula is C21H23N7S. The summed E-state index contributed by atoms with van der Waals surface area (Å²) in [5, 5.41) is 12.4. The second-order valence-corrected chi connectivity index (χ2v) is 7.46. The Bertz CT molecular complexity index is 1070. The normalized spacial score (nSPS) is 14.7. The van der Waals surface area contributed by atoms with Crippen LogP contribution in [0.15, 0.2) is 42.6 Å². The number of nitrogens with one attached hydrogen (secondary N) is 1. The van der Waals surface area contributed by atoms with Gasteiger partial charge in [-0.05, 0) is 36.3 Å². The van der Waals surface area contributed by atoms with Crippen LogP contribution in [0.3, 0.4) is 0 Å². The Morgan fingerprint density at radius 2 is 1.90 bits per heavy atom. The van der Waals surface area contributed by atoms with E-state index in [0.29, 0.717) is 17.0 Å². The van der Waals surface area contributed by atoms with Crippen molar-refractivity contribution in [2.45, 2.75) is 20.0 Å². The molecule has 3 heterocycles. The Morgan fingerprint density at radius 1 is 1.14 bits per heavy atom. The van der Waals surface area contributed by atoms with Gasteiger partial charge in [-0.3, -0.25) is 10.00 Å². The summed E-state index contributed by atoms with van der Waals surface area (Å²) >= 11 is 5.46. The van der Waals surface area contributed by atoms with Crippen LogP contribution in [0.25, 0.3) is 11.4 Å². The third-order valence-corrected chi connectivity index (χ3v) is 5.54. The maximum atomic E-state index is 9.08. The quantitative estimate of drug-likeness (QED) is 0.657. The Kier molecular flexibility index (Phi) is 5.69. The van der Waals surface area contributed by atoms with Crippen molar-refractivity contribution in [3.8, 4) is 17.5 Å². The van der Waals surface area contributed by atoms with E-state index >= 15 is 0 Å². The van der Waals surface area contributed by atoms with E-state index in [2.05, 4.69) is 62.1 Å². The number of rotatable bonds is 5. The van der Waals surface area contributed by atoms with Gasteiger partial charge in [0.1, 0.15) is 5.82 Å². The highest BCUT2D eigenvalue weighted by atomic mass is 32.1. The molecule has 0 unspecified atom stereocenters. The molecule has 0 saturated carbocycles. The van der Waals surface area contributed by atoms with Gasteiger partial charge in [-0.15, -0.1) is 0 Å². The number of aryl methyl sites for hydroxylation is 1. The molecule has 0 aliphatic carbocycles. The number of pyridine rings is 1. The summed E-state index contributed by atoms with van der Waals surface area (Å²) < 4.78 is 2.48. The van der Waals surface area contributed by atoms with Gasteiger partial charge in [-0.1, -0.05) is 31.2 Å². The number of anilines is 1. The summed E-state index contributed by atoms with van der Waals surface area (Å²) in [7, 11) is 0. The Balaban J connectivity index is 1.40. The second kappa shape index (κ2) is 8.55. The molecule has 1 saturated heterocycles. The van der Waals surface area contributed by atoms with Gasteiger partial charge >= 0.3 is 0 Å². The van der Waals surface area contributed by atoms with Gasteiger partial charge in [0.15, 0.2) is 5.82 Å². The molecule has 0 bridgehead atoms. The lowest BCUT2D eigenvalue weighted by atomic mass is 10.1. The molecule has 1 aliphatic heterocycles. The van der Waals surface area contributed by atoms with Crippen LogP contribution in [0.5, 0.6) is 0 Å². The van der Waals surface area contributed by atoms with Gasteiger partial charge < -0.3 is 4.90 Å². The maximum Gasteiger partial charge on any atom is 0.217 e. The van der Waals surface area contributed by atoms with Crippen LogP contribution in [-0.4, -0.2) is 50.8 Å². The number of H-pyrrole nitrogens is 1. The molecule has 3 aromatic rings. The van der Waals surface area contributed by atoms with E-state index < -0.39 is 0 Å². The van der Waals surface area contributed by atoms with Crippen molar-refractivity contribution >= 4 is 18.0 Å². The summed E-state index contributed by atoms with van der Waals surface area (Å²) in [5.74, 6) is 1.66. The van der Waals surface area contributed by atoms with Crippen molar-refractivity contribution in [2.75, 3.05) is 31.1 Å². The summed E-state index contributed by atoms with van der Waals surface area (Å²) in [6.45, 7) is 6.31. The molecule has 8 heteroatoms. The third-order valence-electron chi connectivity index (χ3n) is 5.23. The van der Waals surface area contributed by atoms with E-state index in [1.807, 2.05) is 10.7 Å². The SMILES string of the molecule is CCc1ccc(-c2nc(=S)n(CN3CCN(c4cc(C#N)ccn4)CC3)[nH]2)cc1. The lowest BCUT2D eigenvalue weighted by molar-refractivity contribution is 0.194. The minimum Gasteiger partial charge on any atom is -0.354 e. The van der Waals surface area contributed by atoms with Gasteiger partial charge in [-0.2, -0.15) is 10.2 Å². The van der Waals surface area contributed by atoms with Crippen LogP contribution >= 0.6 is 12.2 Å². The van der Waals surface area contributed by atoms with Crippen molar-refractivity contribution in [1.82, 2.24) is 24.6 Å². The van der Waals surface area contributed by atoms with E-state index in [9.17, 15) is 0 Å². The first-order chi connectivity index (χ1) is 14.2. The van der Waals surface area contributed by atoms with Crippen LogP contribution in [0.2, 0.25) is 0 Å². The minimum atomic E-state index is 0.561. The highest BCUT2D eigenvalue weighted by Crippen LogP contribution is 2.18. The second-order valence-electron chi connectivity index (χ2n) is 7.09. The molecule has 2 aromatic heterocycles. The topological polar surface area (TPSA) is 76.8 Å². The third kappa shape index (κ3) is 4.36. The van der Waals surface area contributed by atoms with Gasteiger partial charge in [0.25, 0.3) is 0 Å². The molecule has 1 aliphatic rings. The Labute approximate surface area is 175 Å². The molecule has 0 radical (unpaired) electrons. The zero-order valence-electron chi connectivity index (χ0n) is 16.4. The first-order valence-corrected chi connectivity index (χ1v) is 10.2. The molecule has 4 rings (SSSR count). The molecule has 148 valence electrons. The van der Waals surface area contributed by atoms with E-state index in [4.69, 9.17) is 17.5 Å². The molecular weight excluding hydrogens is 382 g/mol. The predicted octanol–water partition coefficient (Wildman–Crippen LogP) is 3.22. The molecule has 0 spiro atoms. The number of benzene rings is 1. The molecule has 7 nitrogen and oxygen atoms in total. The number of hydrogen-bond acceptors (Lipinski definition) is 6. The monoisotopic (exact) mass is 405 g/mol. The average Bonchev–Trinajstić information content (AvgIpc) is 3.14. The first kappa shape index (κ1) is 19.3. The minimum absolute atomic E-state index is 0.561. The highest BCUT2D eigenvalue weighted by Gasteiger charge is 2.19. The van der Waals surface area contributed by atoms with Crippen molar-refractivity contribution in [3.05, 3.63) is 58.5 Å².